The summed E-state index contributed by atoms with van der Waals surface area (Å²) in [5.41, 5.74) is 6.09. The molecule has 6 nitrogen and oxygen atoms in total. The third-order valence-electron chi connectivity index (χ3n) is 2.47. The van der Waals surface area contributed by atoms with E-state index in [0.717, 1.165) is 18.4 Å². The van der Waals surface area contributed by atoms with Gasteiger partial charge >= 0.3 is 6.09 Å². The number of nitrogens with two attached hydrogens (primary N) is 1. The molecule has 0 saturated carbocycles. The molecule has 0 fully saturated rings. The van der Waals surface area contributed by atoms with Crippen molar-refractivity contribution in [3.05, 3.63) is 11.8 Å². The SMILES string of the molecule is CCCc1cnc(NC(=O)OC(C)(C)C)nc1N.[B]B([B])B([B])[B]. The summed E-state index contributed by atoms with van der Waals surface area (Å²) in [6, 6.07) is 0. The maximum absolute atomic E-state index is 11.5. The predicted molar refractivity (Wildman–Crippen MR) is 105 cm³/mol. The first kappa shape index (κ1) is 22.5. The van der Waals surface area contributed by atoms with E-state index in [1.165, 1.54) is 0 Å². The Morgan fingerprint density at radius 3 is 2.21 bits per heavy atom. The number of hydrogen-bond donors (Lipinski definition) is 2. The Labute approximate surface area is 150 Å². The van der Waals surface area contributed by atoms with Crippen LogP contribution in [0.15, 0.2) is 6.20 Å². The first-order chi connectivity index (χ1) is 11.0. The largest absolute Gasteiger partial charge is 0.444 e. The Morgan fingerprint density at radius 2 is 1.83 bits per heavy atom. The Bertz CT molecular complexity index is 519. The van der Waals surface area contributed by atoms with E-state index in [-0.39, 0.29) is 5.95 Å². The molecule has 0 spiro atoms. The second-order valence-corrected chi connectivity index (χ2v) is 6.14. The van der Waals surface area contributed by atoms with Crippen LogP contribution in [0.4, 0.5) is 16.6 Å². The number of nitrogens with one attached hydrogen (secondary N) is 1. The van der Waals surface area contributed by atoms with Gasteiger partial charge in [0.05, 0.1) is 0 Å². The number of hydrogen-bond acceptors (Lipinski definition) is 5. The van der Waals surface area contributed by atoms with Gasteiger partial charge in [-0.05, 0) is 27.2 Å². The van der Waals surface area contributed by atoms with Crippen LogP contribution in [0.5, 0.6) is 0 Å². The minimum Gasteiger partial charge on any atom is -0.444 e. The maximum atomic E-state index is 11.5. The minimum atomic E-state index is -0.593. The van der Waals surface area contributed by atoms with Crippen LogP contribution in [-0.4, -0.2) is 65.4 Å². The van der Waals surface area contributed by atoms with Gasteiger partial charge in [0, 0.05) is 55.5 Å². The molecule has 0 unspecified atom stereocenters. The third-order valence-corrected chi connectivity index (χ3v) is 2.47. The van der Waals surface area contributed by atoms with Crippen molar-refractivity contribution in [3.8, 4) is 0 Å². The number of carbonyl (C=O) groups excluding carboxylic acids is 1. The average Bonchev–Trinajstić information content (AvgIpc) is 2.40. The van der Waals surface area contributed by atoms with Gasteiger partial charge in [0.1, 0.15) is 11.4 Å². The molecule has 3 N–H and O–H groups in total. The molecule has 0 aliphatic carbocycles. The highest BCUT2D eigenvalue weighted by atomic mass is 16.6. The molecule has 8 radical (unpaired) electrons. The number of ether oxygens (including phenoxy) is 1. The van der Waals surface area contributed by atoms with Gasteiger partial charge in [-0.15, -0.1) is 0 Å². The second kappa shape index (κ2) is 10.4. The molecule has 0 aromatic carbocycles. The Hall–Kier alpha value is -1.46. The molecule has 0 saturated heterocycles. The molecular formula is C12H20B6N4O2. The van der Waals surface area contributed by atoms with Crippen LogP contribution in [0, 0.1) is 0 Å². The van der Waals surface area contributed by atoms with Crippen molar-refractivity contribution in [3.63, 3.8) is 0 Å². The predicted octanol–water partition coefficient (Wildman–Crippen LogP) is 0.0735. The van der Waals surface area contributed by atoms with E-state index in [1.807, 2.05) is 6.92 Å². The summed E-state index contributed by atoms with van der Waals surface area (Å²) >= 11 is 0. The van der Waals surface area contributed by atoms with Crippen molar-refractivity contribution in [1.82, 2.24) is 9.97 Å². The molecule has 0 atom stereocenters. The zero-order chi connectivity index (χ0) is 18.9. The summed E-state index contributed by atoms with van der Waals surface area (Å²) in [5.74, 6) is 0.541. The molecule has 118 valence electrons. The van der Waals surface area contributed by atoms with Crippen molar-refractivity contribution in [2.45, 2.75) is 46.1 Å². The van der Waals surface area contributed by atoms with E-state index in [0.29, 0.717) is 5.82 Å². The molecule has 1 aromatic rings. The lowest BCUT2D eigenvalue weighted by atomic mass is 8.81. The number of nitrogens with zero attached hydrogens (tertiary/aromatic N) is 2. The van der Waals surface area contributed by atoms with E-state index >= 15 is 0 Å². The highest BCUT2D eigenvalue weighted by molar-refractivity contribution is 7.76. The van der Waals surface area contributed by atoms with Crippen molar-refractivity contribution < 1.29 is 9.53 Å². The van der Waals surface area contributed by atoms with Crippen molar-refractivity contribution >= 4 is 61.6 Å². The second-order valence-electron chi connectivity index (χ2n) is 6.14. The standard InChI is InChI=1S/C12H20N4O2.B6/c1-5-6-8-7-14-10(15-9(8)13)16-11(17)18-12(2,3)4;1-5(2)6(3)4/h7H,5-6H2,1-4H3,(H3,13,14,15,16,17);. The fourth-order valence-corrected chi connectivity index (χ4v) is 1.34. The van der Waals surface area contributed by atoms with Crippen molar-refractivity contribution in [2.75, 3.05) is 11.1 Å². The molecule has 1 heterocycles. The van der Waals surface area contributed by atoms with Crippen LogP contribution in [0.25, 0.3) is 0 Å². The Morgan fingerprint density at radius 1 is 1.29 bits per heavy atom. The first-order valence-electron chi connectivity index (χ1n) is 7.60. The molecule has 1 rings (SSSR count). The summed E-state index contributed by atoms with van der Waals surface area (Å²) in [4.78, 5) is 19.5. The zero-order valence-corrected chi connectivity index (χ0v) is 14.7. The average molecular weight is 317 g/mol. The summed E-state index contributed by atoms with van der Waals surface area (Å²) in [7, 11) is 19.9. The van der Waals surface area contributed by atoms with E-state index in [4.69, 9.17) is 41.4 Å². The third kappa shape index (κ3) is 10.3. The maximum Gasteiger partial charge on any atom is 0.414 e. The molecule has 0 aliphatic rings. The van der Waals surface area contributed by atoms with Gasteiger partial charge < -0.3 is 10.5 Å². The highest BCUT2D eigenvalue weighted by Gasteiger charge is 2.17. The fourth-order valence-electron chi connectivity index (χ4n) is 1.34. The van der Waals surface area contributed by atoms with Gasteiger partial charge in [0.2, 0.25) is 5.95 Å². The Kier molecular flexibility index (Phi) is 9.78. The number of anilines is 2. The van der Waals surface area contributed by atoms with Gasteiger partial charge in [-0.25, -0.2) is 9.78 Å². The van der Waals surface area contributed by atoms with Gasteiger partial charge in [0.25, 0.3) is 0 Å². The monoisotopic (exact) mass is 318 g/mol. The summed E-state index contributed by atoms with van der Waals surface area (Å²) in [6.45, 7) is 7.40. The molecule has 0 bridgehead atoms. The lowest BCUT2D eigenvalue weighted by Gasteiger charge is -2.19. The van der Waals surface area contributed by atoms with Crippen LogP contribution in [-0.2, 0) is 11.2 Å². The molecule has 1 aromatic heterocycles. The number of aryl methyl sites for hydroxylation is 1. The van der Waals surface area contributed by atoms with Crippen LogP contribution in [0.3, 0.4) is 0 Å². The molecule has 24 heavy (non-hydrogen) atoms. The molecule has 1 amide bonds. The number of carbonyl (C=O) groups is 1. The topological polar surface area (TPSA) is 90.1 Å². The lowest BCUT2D eigenvalue weighted by molar-refractivity contribution is 0.0634. The number of rotatable bonds is 4. The van der Waals surface area contributed by atoms with E-state index < -0.39 is 24.5 Å². The highest BCUT2D eigenvalue weighted by Crippen LogP contribution is 2.13. The normalized spacial score (nSPS) is 10.2. The summed E-state index contributed by atoms with van der Waals surface area (Å²) in [5, 5.41) is 2.45. The first-order valence-corrected chi connectivity index (χ1v) is 7.60. The van der Waals surface area contributed by atoms with Gasteiger partial charge in [-0.3, -0.25) is 5.32 Å². The van der Waals surface area contributed by atoms with Crippen molar-refractivity contribution in [2.24, 2.45) is 0 Å². The number of aromatic nitrogens is 2. The molecule has 12 heteroatoms. The van der Waals surface area contributed by atoms with Crippen LogP contribution >= 0.6 is 0 Å². The van der Waals surface area contributed by atoms with Crippen LogP contribution in [0.1, 0.15) is 39.7 Å². The van der Waals surface area contributed by atoms with Gasteiger partial charge in [-0.1, -0.05) is 13.3 Å². The number of nitrogen functional groups attached to an aromatic ring is 1. The molecular weight excluding hydrogens is 297 g/mol. The quantitative estimate of drug-likeness (QED) is 0.767. The fraction of sp³-hybridized carbons (Fsp3) is 0.583. The van der Waals surface area contributed by atoms with Crippen LogP contribution < -0.4 is 11.1 Å². The smallest absolute Gasteiger partial charge is 0.414 e. The van der Waals surface area contributed by atoms with E-state index in [1.54, 1.807) is 27.0 Å². The van der Waals surface area contributed by atoms with E-state index in [2.05, 4.69) is 15.3 Å². The van der Waals surface area contributed by atoms with Gasteiger partial charge in [-0.2, -0.15) is 4.98 Å². The minimum absolute atomic E-state index is 0.154. The van der Waals surface area contributed by atoms with Gasteiger partial charge in [0.15, 0.2) is 0 Å². The number of amides is 1. The summed E-state index contributed by atoms with van der Waals surface area (Å²) in [6.07, 6.45) is 1.63. The van der Waals surface area contributed by atoms with Crippen molar-refractivity contribution in [1.29, 1.82) is 0 Å². The molecule has 0 aliphatic heterocycles. The van der Waals surface area contributed by atoms with E-state index in [9.17, 15) is 4.79 Å². The Balaban J connectivity index is 0.000000754. The van der Waals surface area contributed by atoms with Crippen LogP contribution in [0.2, 0.25) is 0 Å². The summed E-state index contributed by atoms with van der Waals surface area (Å²) < 4.78 is 5.09. The zero-order valence-electron chi connectivity index (χ0n) is 14.7. The lowest BCUT2D eigenvalue weighted by Crippen LogP contribution is -2.38.